The van der Waals surface area contributed by atoms with Crippen molar-refractivity contribution in [1.29, 1.82) is 0 Å². The van der Waals surface area contributed by atoms with Gasteiger partial charge in [0.15, 0.2) is 0 Å². The second-order valence-corrected chi connectivity index (χ2v) is 12.2. The third-order valence-electron chi connectivity index (χ3n) is 9.82. The molecule has 47 heavy (non-hydrogen) atoms. The highest BCUT2D eigenvalue weighted by atomic mass is 16.5. The monoisotopic (exact) mass is 632 g/mol. The van der Waals surface area contributed by atoms with Crippen LogP contribution in [0.25, 0.3) is 50.6 Å². The lowest BCUT2D eigenvalue weighted by molar-refractivity contribution is -0.137. The number of carbonyl (C=O) groups excluding carboxylic acids is 1. The molecule has 0 aliphatic carbocycles. The molecule has 6 nitrogen and oxygen atoms in total. The second kappa shape index (κ2) is 14.7. The molecule has 0 aromatic carbocycles. The highest BCUT2D eigenvalue weighted by Gasteiger charge is 2.23. The first-order valence-corrected chi connectivity index (χ1v) is 17.9. The van der Waals surface area contributed by atoms with E-state index in [0.717, 1.165) is 96.2 Å². The van der Waals surface area contributed by atoms with Gasteiger partial charge in [0.1, 0.15) is 0 Å². The summed E-state index contributed by atoms with van der Waals surface area (Å²) in [6.45, 7) is 20.0. The number of allylic oxidation sites excluding steroid dienone is 4. The molecule has 0 radical (unpaired) electrons. The fourth-order valence-electron chi connectivity index (χ4n) is 7.73. The number of fused-ring (bicyclic) bond motifs is 8. The van der Waals surface area contributed by atoms with E-state index in [4.69, 9.17) is 14.7 Å². The van der Waals surface area contributed by atoms with Crippen molar-refractivity contribution in [2.45, 2.75) is 114 Å². The minimum Gasteiger partial charge on any atom is -0.463 e. The lowest BCUT2D eigenvalue weighted by Crippen LogP contribution is -2.00. The Kier molecular flexibility index (Phi) is 10.7. The topological polar surface area (TPSA) is 72.8 Å². The van der Waals surface area contributed by atoms with Crippen LogP contribution in [0.2, 0.25) is 0 Å². The van der Waals surface area contributed by atoms with Crippen molar-refractivity contribution in [3.05, 3.63) is 75.4 Å². The first-order chi connectivity index (χ1) is 22.8. The number of aromatic nitrogens is 4. The van der Waals surface area contributed by atoms with Crippen LogP contribution in [0.3, 0.4) is 0 Å². The number of H-pyrrole nitrogens is 1. The van der Waals surface area contributed by atoms with Gasteiger partial charge < -0.3 is 14.3 Å². The van der Waals surface area contributed by atoms with Gasteiger partial charge in [-0.2, -0.15) is 0 Å². The highest BCUT2D eigenvalue weighted by Crippen LogP contribution is 2.39. The minimum atomic E-state index is -0.351. The van der Waals surface area contributed by atoms with Crippen LogP contribution in [0.4, 0.5) is 0 Å². The molecule has 2 aliphatic heterocycles. The van der Waals surface area contributed by atoms with Crippen LogP contribution in [0.5, 0.6) is 0 Å². The molecule has 2 aliphatic rings. The van der Waals surface area contributed by atoms with E-state index < -0.39 is 0 Å². The van der Waals surface area contributed by atoms with Crippen LogP contribution in [0, 0.1) is 0 Å². The van der Waals surface area contributed by atoms with Crippen LogP contribution in [-0.2, 0) is 35.2 Å². The van der Waals surface area contributed by atoms with Crippen LogP contribution >= 0.6 is 0 Å². The quantitative estimate of drug-likeness (QED) is 0.169. The van der Waals surface area contributed by atoms with E-state index in [9.17, 15) is 4.79 Å². The van der Waals surface area contributed by atoms with Crippen molar-refractivity contribution >= 4 is 56.5 Å². The van der Waals surface area contributed by atoms with E-state index in [1.54, 1.807) is 6.08 Å². The zero-order valence-electron chi connectivity index (χ0n) is 30.0. The lowest BCUT2D eigenvalue weighted by Gasteiger charge is -2.05. The van der Waals surface area contributed by atoms with E-state index in [0.29, 0.717) is 6.61 Å². The molecule has 6 heteroatoms. The molecule has 8 bridgehead atoms. The summed E-state index contributed by atoms with van der Waals surface area (Å²) in [6, 6.07) is 9.05. The zero-order valence-corrected chi connectivity index (χ0v) is 30.0. The number of ether oxygens (including phenoxy) is 1. The fraction of sp³-hybridized carbons (Fsp3) is 0.439. The van der Waals surface area contributed by atoms with E-state index in [1.165, 1.54) is 44.5 Å². The summed E-state index contributed by atoms with van der Waals surface area (Å²) in [5.74, 6) is -0.351. The zero-order chi connectivity index (χ0) is 33.8. The van der Waals surface area contributed by atoms with Crippen molar-refractivity contribution in [2.24, 2.45) is 0 Å². The number of nitrogens with zero attached hydrogens (tertiary/aromatic N) is 3. The van der Waals surface area contributed by atoms with Gasteiger partial charge >= 0.3 is 5.97 Å². The molecule has 0 atom stereocenters. The molecular formula is C41H52N4O2. The van der Waals surface area contributed by atoms with E-state index in [1.807, 2.05) is 13.1 Å². The first-order valence-electron chi connectivity index (χ1n) is 17.9. The maximum absolute atomic E-state index is 12.7. The predicted octanol–water partition coefficient (Wildman–Crippen LogP) is 10.5. The SMILES string of the molecule is CCOC(=O)C=Cn1c2cc3nc(cc4[nH]c(cc5nc(cc1c(CC)c2CC)C(CC)=C5CC)c(CC)c4CC)C(CC)=C3CC. The highest BCUT2D eigenvalue weighted by molar-refractivity contribution is 5.96. The number of hydrogen-bond donors (Lipinski definition) is 1. The first kappa shape index (κ1) is 34.2. The number of carbonyl (C=O) groups is 1. The van der Waals surface area contributed by atoms with Crippen molar-refractivity contribution in [1.82, 2.24) is 19.5 Å². The van der Waals surface area contributed by atoms with Crippen LogP contribution in [0.1, 0.15) is 133 Å². The predicted molar refractivity (Wildman–Crippen MR) is 199 cm³/mol. The van der Waals surface area contributed by atoms with E-state index in [2.05, 4.69) is 89.2 Å². The molecule has 3 aromatic heterocycles. The van der Waals surface area contributed by atoms with Crippen LogP contribution in [-0.4, -0.2) is 32.1 Å². The van der Waals surface area contributed by atoms with Gasteiger partial charge in [0.05, 0.1) is 40.4 Å². The summed E-state index contributed by atoms with van der Waals surface area (Å²) in [6.07, 6.45) is 10.6. The number of aryl methyl sites for hydroxylation is 4. The molecule has 0 saturated carbocycles. The Balaban J connectivity index is 2.08. The smallest absolute Gasteiger partial charge is 0.332 e. The molecule has 0 fully saturated rings. The van der Waals surface area contributed by atoms with Gasteiger partial charge in [0.25, 0.3) is 0 Å². The van der Waals surface area contributed by atoms with Gasteiger partial charge in [0.2, 0.25) is 0 Å². The Labute approximate surface area is 280 Å². The number of nitrogens with one attached hydrogen (secondary N) is 1. The van der Waals surface area contributed by atoms with Gasteiger partial charge in [-0.25, -0.2) is 14.8 Å². The molecule has 5 heterocycles. The van der Waals surface area contributed by atoms with Crippen LogP contribution < -0.4 is 0 Å². The number of aromatic amines is 1. The Morgan fingerprint density at radius 1 is 0.596 bits per heavy atom. The Morgan fingerprint density at radius 2 is 0.979 bits per heavy atom. The van der Waals surface area contributed by atoms with E-state index >= 15 is 0 Å². The van der Waals surface area contributed by atoms with Gasteiger partial charge in [-0.15, -0.1) is 0 Å². The summed E-state index contributed by atoms with van der Waals surface area (Å²) >= 11 is 0. The third-order valence-corrected chi connectivity index (χ3v) is 9.82. The second-order valence-electron chi connectivity index (χ2n) is 12.2. The standard InChI is InChI=1S/C41H52N4O2/c1-10-25-26(11-2)34-22-36-28(13-4)30(15-6)38(44-36)24-40-32(17-8)31(16-7)39(45(40)20-19-41(46)47-18-9)23-37-29(14-5)27(12-3)35(43-37)21-33(25)42-34/h19-24,42H,10-18H2,1-9H3. The average molecular weight is 633 g/mol. The molecule has 3 aromatic rings. The molecular weight excluding hydrogens is 580 g/mol. The van der Waals surface area contributed by atoms with Crippen molar-refractivity contribution in [3.63, 3.8) is 0 Å². The Bertz CT molecular complexity index is 1820. The number of esters is 1. The van der Waals surface area contributed by atoms with Crippen molar-refractivity contribution < 1.29 is 9.53 Å². The van der Waals surface area contributed by atoms with Gasteiger partial charge in [-0.1, -0.05) is 55.4 Å². The molecule has 0 unspecified atom stereocenters. The lowest BCUT2D eigenvalue weighted by atomic mass is 9.98. The Morgan fingerprint density at radius 3 is 1.32 bits per heavy atom. The Hall–Kier alpha value is -4.19. The summed E-state index contributed by atoms with van der Waals surface area (Å²) in [7, 11) is 0. The van der Waals surface area contributed by atoms with Crippen LogP contribution in [0.15, 0.2) is 30.3 Å². The molecule has 0 amide bonds. The minimum absolute atomic E-state index is 0.335. The fourth-order valence-corrected chi connectivity index (χ4v) is 7.73. The summed E-state index contributed by atoms with van der Waals surface area (Å²) in [5, 5.41) is 0. The molecule has 248 valence electrons. The van der Waals surface area contributed by atoms with Crippen molar-refractivity contribution in [3.8, 4) is 0 Å². The summed E-state index contributed by atoms with van der Waals surface area (Å²) < 4.78 is 7.49. The maximum Gasteiger partial charge on any atom is 0.332 e. The number of rotatable bonds is 11. The molecule has 1 N–H and O–H groups in total. The normalized spacial score (nSPS) is 13.4. The van der Waals surface area contributed by atoms with Gasteiger partial charge in [0, 0.05) is 23.3 Å². The molecule has 0 spiro atoms. The molecule has 5 rings (SSSR count). The van der Waals surface area contributed by atoms with E-state index in [-0.39, 0.29) is 5.97 Å². The summed E-state index contributed by atoms with van der Waals surface area (Å²) in [5.41, 5.74) is 18.9. The summed E-state index contributed by atoms with van der Waals surface area (Å²) in [4.78, 5) is 27.2. The number of hydrogen-bond acceptors (Lipinski definition) is 4. The van der Waals surface area contributed by atoms with Gasteiger partial charge in [-0.05, 0) is 127 Å². The van der Waals surface area contributed by atoms with Gasteiger partial charge in [-0.3, -0.25) is 0 Å². The third kappa shape index (κ3) is 6.15. The largest absolute Gasteiger partial charge is 0.463 e. The van der Waals surface area contributed by atoms with Crippen molar-refractivity contribution in [2.75, 3.05) is 6.61 Å². The maximum atomic E-state index is 12.7. The molecule has 0 saturated heterocycles. The average Bonchev–Trinajstić information content (AvgIpc) is 3.77.